The highest BCUT2D eigenvalue weighted by Gasteiger charge is 2.30. The number of aryl methyl sites for hydroxylation is 1. The van der Waals surface area contributed by atoms with Gasteiger partial charge in [-0.25, -0.2) is 4.79 Å². The highest BCUT2D eigenvalue weighted by Crippen LogP contribution is 2.33. The first kappa shape index (κ1) is 13.2. The van der Waals surface area contributed by atoms with Crippen LogP contribution in [0.1, 0.15) is 23.6 Å². The highest BCUT2D eigenvalue weighted by atomic mass is 16.5. The second kappa shape index (κ2) is 5.32. The SMILES string of the molecule is Cc1ccc2c(c1)C(NC(=O)N1CCC(CO)C1)CO2. The fourth-order valence-electron chi connectivity index (χ4n) is 2.86. The Labute approximate surface area is 118 Å². The summed E-state index contributed by atoms with van der Waals surface area (Å²) < 4.78 is 5.60. The van der Waals surface area contributed by atoms with E-state index in [1.165, 1.54) is 0 Å². The number of hydrogen-bond donors (Lipinski definition) is 2. The first-order valence-corrected chi connectivity index (χ1v) is 7.07. The fourth-order valence-corrected chi connectivity index (χ4v) is 2.86. The van der Waals surface area contributed by atoms with E-state index in [0.29, 0.717) is 19.7 Å². The molecule has 2 amide bonds. The van der Waals surface area contributed by atoms with E-state index in [1.807, 2.05) is 19.1 Å². The van der Waals surface area contributed by atoms with E-state index >= 15 is 0 Å². The number of rotatable bonds is 2. The Bertz CT molecular complexity index is 518. The minimum Gasteiger partial charge on any atom is -0.491 e. The topological polar surface area (TPSA) is 61.8 Å². The zero-order chi connectivity index (χ0) is 14.1. The maximum absolute atomic E-state index is 12.2. The van der Waals surface area contributed by atoms with Crippen molar-refractivity contribution >= 4 is 6.03 Å². The fraction of sp³-hybridized carbons (Fsp3) is 0.533. The molecule has 1 saturated heterocycles. The highest BCUT2D eigenvalue weighted by molar-refractivity contribution is 5.75. The third-order valence-corrected chi connectivity index (χ3v) is 4.08. The maximum atomic E-state index is 12.2. The smallest absolute Gasteiger partial charge is 0.318 e. The number of likely N-dealkylation sites (tertiary alicyclic amines) is 1. The van der Waals surface area contributed by atoms with Crippen molar-refractivity contribution in [2.45, 2.75) is 19.4 Å². The van der Waals surface area contributed by atoms with Gasteiger partial charge in [-0.2, -0.15) is 0 Å². The van der Waals surface area contributed by atoms with E-state index in [2.05, 4.69) is 11.4 Å². The van der Waals surface area contributed by atoms with Gasteiger partial charge in [0.15, 0.2) is 0 Å². The van der Waals surface area contributed by atoms with Crippen molar-refractivity contribution in [1.29, 1.82) is 0 Å². The average Bonchev–Trinajstić information content (AvgIpc) is 3.06. The summed E-state index contributed by atoms with van der Waals surface area (Å²) in [7, 11) is 0. The molecule has 0 radical (unpaired) electrons. The number of carbonyl (C=O) groups excluding carboxylic acids is 1. The summed E-state index contributed by atoms with van der Waals surface area (Å²) in [6.07, 6.45) is 0.876. The van der Waals surface area contributed by atoms with Crippen LogP contribution in [0.4, 0.5) is 4.79 Å². The molecule has 2 aliphatic rings. The molecule has 2 N–H and O–H groups in total. The van der Waals surface area contributed by atoms with Crippen LogP contribution in [0.2, 0.25) is 0 Å². The number of fused-ring (bicyclic) bond motifs is 1. The number of nitrogens with one attached hydrogen (secondary N) is 1. The monoisotopic (exact) mass is 276 g/mol. The normalized spacial score (nSPS) is 24.4. The molecule has 1 aromatic rings. The lowest BCUT2D eigenvalue weighted by atomic mass is 10.1. The van der Waals surface area contributed by atoms with E-state index in [1.54, 1.807) is 4.90 Å². The molecular formula is C15H20N2O3. The Morgan fingerprint density at radius 1 is 1.55 bits per heavy atom. The quantitative estimate of drug-likeness (QED) is 0.859. The number of ether oxygens (including phenoxy) is 1. The van der Waals surface area contributed by atoms with Gasteiger partial charge in [0.2, 0.25) is 0 Å². The van der Waals surface area contributed by atoms with Crippen molar-refractivity contribution in [2.75, 3.05) is 26.3 Å². The summed E-state index contributed by atoms with van der Waals surface area (Å²) in [6, 6.07) is 5.88. The van der Waals surface area contributed by atoms with Crippen LogP contribution in [-0.4, -0.2) is 42.3 Å². The van der Waals surface area contributed by atoms with Crippen LogP contribution < -0.4 is 10.1 Å². The molecule has 1 aromatic carbocycles. The second-order valence-electron chi connectivity index (χ2n) is 5.64. The summed E-state index contributed by atoms with van der Waals surface area (Å²) in [5.74, 6) is 1.07. The zero-order valence-corrected chi connectivity index (χ0v) is 11.6. The van der Waals surface area contributed by atoms with Crippen molar-refractivity contribution in [2.24, 2.45) is 5.92 Å². The molecule has 0 aromatic heterocycles. The van der Waals surface area contributed by atoms with Crippen LogP contribution in [0.25, 0.3) is 0 Å². The van der Waals surface area contributed by atoms with Crippen molar-refractivity contribution in [1.82, 2.24) is 10.2 Å². The van der Waals surface area contributed by atoms with Crippen molar-refractivity contribution in [3.63, 3.8) is 0 Å². The third-order valence-electron chi connectivity index (χ3n) is 4.08. The molecular weight excluding hydrogens is 256 g/mol. The average molecular weight is 276 g/mol. The molecule has 2 heterocycles. The Balaban J connectivity index is 1.65. The second-order valence-corrected chi connectivity index (χ2v) is 5.64. The zero-order valence-electron chi connectivity index (χ0n) is 11.6. The lowest BCUT2D eigenvalue weighted by Gasteiger charge is -2.20. The van der Waals surface area contributed by atoms with E-state index < -0.39 is 0 Å². The number of nitrogens with zero attached hydrogens (tertiary/aromatic N) is 1. The molecule has 0 saturated carbocycles. The molecule has 2 unspecified atom stereocenters. The van der Waals surface area contributed by atoms with Crippen LogP contribution in [0.3, 0.4) is 0 Å². The van der Waals surface area contributed by atoms with Crippen LogP contribution in [0.5, 0.6) is 5.75 Å². The number of aliphatic hydroxyl groups is 1. The van der Waals surface area contributed by atoms with Gasteiger partial charge in [-0.1, -0.05) is 17.7 Å². The number of urea groups is 1. The molecule has 108 valence electrons. The van der Waals surface area contributed by atoms with Crippen molar-refractivity contribution in [3.8, 4) is 5.75 Å². The molecule has 2 atom stereocenters. The van der Waals surface area contributed by atoms with Gasteiger partial charge in [-0.3, -0.25) is 0 Å². The summed E-state index contributed by atoms with van der Waals surface area (Å²) in [6.45, 7) is 4.02. The number of carbonyl (C=O) groups is 1. The minimum absolute atomic E-state index is 0.0658. The Hall–Kier alpha value is -1.75. The van der Waals surface area contributed by atoms with E-state index in [4.69, 9.17) is 9.84 Å². The first-order chi connectivity index (χ1) is 9.67. The summed E-state index contributed by atoms with van der Waals surface area (Å²) in [5.41, 5.74) is 2.21. The van der Waals surface area contributed by atoms with Crippen LogP contribution in [-0.2, 0) is 0 Å². The van der Waals surface area contributed by atoms with Crippen molar-refractivity contribution < 1.29 is 14.6 Å². The van der Waals surface area contributed by atoms with Gasteiger partial charge >= 0.3 is 6.03 Å². The Morgan fingerprint density at radius 3 is 3.15 bits per heavy atom. The van der Waals surface area contributed by atoms with Gasteiger partial charge in [0.25, 0.3) is 0 Å². The molecule has 1 fully saturated rings. The standard InChI is InChI=1S/C15H20N2O3/c1-10-2-3-14-12(6-10)13(9-20-14)16-15(19)17-5-4-11(7-17)8-18/h2-3,6,11,13,18H,4-5,7-9H2,1H3,(H,16,19). The molecule has 0 spiro atoms. The van der Waals surface area contributed by atoms with Gasteiger partial charge in [0.05, 0.1) is 6.04 Å². The van der Waals surface area contributed by atoms with Crippen LogP contribution in [0.15, 0.2) is 18.2 Å². The predicted molar refractivity (Wildman–Crippen MR) is 74.7 cm³/mol. The largest absolute Gasteiger partial charge is 0.491 e. The Morgan fingerprint density at radius 2 is 2.40 bits per heavy atom. The molecule has 20 heavy (non-hydrogen) atoms. The van der Waals surface area contributed by atoms with Crippen LogP contribution >= 0.6 is 0 Å². The van der Waals surface area contributed by atoms with Gasteiger partial charge < -0.3 is 20.1 Å². The predicted octanol–water partition coefficient (Wildman–Crippen LogP) is 1.45. The lowest BCUT2D eigenvalue weighted by molar-refractivity contribution is 0.192. The molecule has 0 aliphatic carbocycles. The molecule has 2 aliphatic heterocycles. The summed E-state index contributed by atoms with van der Waals surface area (Å²) in [5, 5.41) is 12.2. The van der Waals surface area contributed by atoms with Gasteiger partial charge in [0, 0.05) is 31.2 Å². The number of aliphatic hydroxyl groups excluding tert-OH is 1. The minimum atomic E-state index is -0.0782. The number of amides is 2. The maximum Gasteiger partial charge on any atom is 0.318 e. The summed E-state index contributed by atoms with van der Waals surface area (Å²) >= 11 is 0. The lowest BCUT2D eigenvalue weighted by Crippen LogP contribution is -2.41. The number of hydrogen-bond acceptors (Lipinski definition) is 3. The van der Waals surface area contributed by atoms with Crippen LogP contribution in [0, 0.1) is 12.8 Å². The molecule has 0 bridgehead atoms. The first-order valence-electron chi connectivity index (χ1n) is 7.07. The van der Waals surface area contributed by atoms with Crippen molar-refractivity contribution in [3.05, 3.63) is 29.3 Å². The third kappa shape index (κ3) is 2.45. The van der Waals surface area contributed by atoms with E-state index in [0.717, 1.165) is 23.3 Å². The van der Waals surface area contributed by atoms with Gasteiger partial charge in [-0.05, 0) is 19.4 Å². The number of benzene rings is 1. The molecule has 5 nitrogen and oxygen atoms in total. The molecule has 5 heteroatoms. The Kier molecular flexibility index (Phi) is 3.53. The van der Waals surface area contributed by atoms with Gasteiger partial charge in [0.1, 0.15) is 12.4 Å². The summed E-state index contributed by atoms with van der Waals surface area (Å²) in [4.78, 5) is 14.0. The van der Waals surface area contributed by atoms with Gasteiger partial charge in [-0.15, -0.1) is 0 Å². The van der Waals surface area contributed by atoms with E-state index in [-0.39, 0.29) is 24.6 Å². The molecule has 3 rings (SSSR count). The van der Waals surface area contributed by atoms with E-state index in [9.17, 15) is 4.79 Å².